The molecule has 8 heteroatoms. The molecule has 0 heterocycles. The third-order valence-electron chi connectivity index (χ3n) is 2.60. The quantitative estimate of drug-likeness (QED) is 0.801. The van der Waals surface area contributed by atoms with Gasteiger partial charge in [-0.25, -0.2) is 4.79 Å². The lowest BCUT2D eigenvalue weighted by Crippen LogP contribution is -2.44. The number of thioether (sulfide) groups is 1. The first-order chi connectivity index (χ1) is 10.0. The Hall–Kier alpha value is -1.41. The molecule has 0 saturated heterocycles. The first kappa shape index (κ1) is 18.6. The number of aliphatic hydroxyl groups is 1. The Labute approximate surface area is 131 Å². The first-order valence-corrected chi connectivity index (χ1v) is 7.46. The average Bonchev–Trinajstić information content (AvgIpc) is 2.35. The Morgan fingerprint density at radius 2 is 1.91 bits per heavy atom. The second-order valence-corrected chi connectivity index (χ2v) is 6.41. The topological polar surface area (TPSA) is 52.6 Å². The van der Waals surface area contributed by atoms with E-state index in [1.807, 2.05) is 0 Å². The van der Waals surface area contributed by atoms with Crippen LogP contribution in [0.5, 0.6) is 0 Å². The summed E-state index contributed by atoms with van der Waals surface area (Å²) in [6, 6.07) is 5.16. The number of para-hydroxylation sites is 1. The standard InChI is InChI=1S/C14H19F3N2O2S/c1-4-19(9-13(2,3)21)12(20)18-10-7-5-6-8-11(10)22-14(15,16)17/h5-8,21H,4,9H2,1-3H3,(H,18,20). The molecular weight excluding hydrogens is 317 g/mol. The molecule has 0 aliphatic rings. The van der Waals surface area contributed by atoms with E-state index in [1.165, 1.54) is 23.1 Å². The Balaban J connectivity index is 2.87. The number of carbonyl (C=O) groups excluding carboxylic acids is 1. The van der Waals surface area contributed by atoms with Gasteiger partial charge >= 0.3 is 11.5 Å². The number of rotatable bonds is 5. The molecule has 0 aromatic heterocycles. The van der Waals surface area contributed by atoms with Crippen LogP contribution in [0.15, 0.2) is 29.2 Å². The third-order valence-corrected chi connectivity index (χ3v) is 3.41. The summed E-state index contributed by atoms with van der Waals surface area (Å²) in [5.41, 5.74) is -5.43. The summed E-state index contributed by atoms with van der Waals surface area (Å²) in [7, 11) is 0. The molecule has 0 unspecified atom stereocenters. The molecular formula is C14H19F3N2O2S. The highest BCUT2D eigenvalue weighted by Crippen LogP contribution is 2.40. The third kappa shape index (κ3) is 6.57. The summed E-state index contributed by atoms with van der Waals surface area (Å²) < 4.78 is 37.5. The number of alkyl halides is 3. The van der Waals surface area contributed by atoms with E-state index in [0.717, 1.165) is 0 Å². The summed E-state index contributed by atoms with van der Waals surface area (Å²) in [6.07, 6.45) is 0. The molecule has 1 aromatic rings. The highest BCUT2D eigenvalue weighted by Gasteiger charge is 2.31. The van der Waals surface area contributed by atoms with Crippen molar-refractivity contribution in [1.29, 1.82) is 0 Å². The Bertz CT molecular complexity index is 516. The number of halogens is 3. The highest BCUT2D eigenvalue weighted by molar-refractivity contribution is 8.00. The van der Waals surface area contributed by atoms with Gasteiger partial charge in [-0.05, 0) is 44.7 Å². The van der Waals surface area contributed by atoms with Crippen molar-refractivity contribution in [2.45, 2.75) is 36.8 Å². The van der Waals surface area contributed by atoms with E-state index in [0.29, 0.717) is 6.54 Å². The Morgan fingerprint density at radius 3 is 2.41 bits per heavy atom. The zero-order chi connectivity index (χ0) is 17.0. The van der Waals surface area contributed by atoms with Gasteiger partial charge in [0, 0.05) is 11.4 Å². The Morgan fingerprint density at radius 1 is 1.32 bits per heavy atom. The van der Waals surface area contributed by atoms with Gasteiger partial charge in [-0.3, -0.25) is 0 Å². The maximum atomic E-state index is 12.5. The van der Waals surface area contributed by atoms with Crippen LogP contribution in [-0.2, 0) is 0 Å². The van der Waals surface area contributed by atoms with Gasteiger partial charge in [0.25, 0.3) is 0 Å². The van der Waals surface area contributed by atoms with Crippen molar-refractivity contribution >= 4 is 23.5 Å². The second-order valence-electron chi connectivity index (χ2n) is 5.30. The zero-order valence-electron chi connectivity index (χ0n) is 12.6. The summed E-state index contributed by atoms with van der Waals surface area (Å²) in [4.78, 5) is 13.4. The maximum Gasteiger partial charge on any atom is 0.446 e. The van der Waals surface area contributed by atoms with Crippen molar-refractivity contribution in [3.63, 3.8) is 0 Å². The molecule has 0 spiro atoms. The van der Waals surface area contributed by atoms with Crippen LogP contribution in [0.2, 0.25) is 0 Å². The van der Waals surface area contributed by atoms with Crippen LogP contribution in [0, 0.1) is 0 Å². The van der Waals surface area contributed by atoms with Gasteiger partial charge in [0.05, 0.1) is 17.8 Å². The molecule has 1 rings (SSSR count). The second kappa shape index (κ2) is 7.23. The minimum atomic E-state index is -4.43. The fourth-order valence-electron chi connectivity index (χ4n) is 1.77. The molecule has 0 atom stereocenters. The number of urea groups is 1. The molecule has 1 aromatic carbocycles. The monoisotopic (exact) mass is 336 g/mol. The number of anilines is 1. The van der Waals surface area contributed by atoms with E-state index in [2.05, 4.69) is 5.32 Å². The Kier molecular flexibility index (Phi) is 6.13. The average molecular weight is 336 g/mol. The molecule has 0 radical (unpaired) electrons. The fraction of sp³-hybridized carbons (Fsp3) is 0.500. The van der Waals surface area contributed by atoms with E-state index in [4.69, 9.17) is 0 Å². The van der Waals surface area contributed by atoms with Crippen LogP contribution in [0.1, 0.15) is 20.8 Å². The van der Waals surface area contributed by atoms with Gasteiger partial charge in [0.1, 0.15) is 0 Å². The number of benzene rings is 1. The van der Waals surface area contributed by atoms with Crippen LogP contribution in [0.25, 0.3) is 0 Å². The summed E-state index contributed by atoms with van der Waals surface area (Å²) in [5, 5.41) is 12.2. The number of nitrogens with one attached hydrogen (secondary N) is 1. The molecule has 2 amide bonds. The molecule has 22 heavy (non-hydrogen) atoms. The SMILES string of the molecule is CCN(CC(C)(C)O)C(=O)Nc1ccccc1SC(F)(F)F. The van der Waals surface area contributed by atoms with E-state index >= 15 is 0 Å². The van der Waals surface area contributed by atoms with Crippen LogP contribution in [0.4, 0.5) is 23.7 Å². The molecule has 2 N–H and O–H groups in total. The number of likely N-dealkylation sites (N-methyl/N-ethyl adjacent to an activating group) is 1. The maximum absolute atomic E-state index is 12.5. The molecule has 124 valence electrons. The summed E-state index contributed by atoms with van der Waals surface area (Å²) >= 11 is -0.281. The number of hydrogen-bond donors (Lipinski definition) is 2. The van der Waals surface area contributed by atoms with Gasteiger partial charge in [0.15, 0.2) is 0 Å². The number of carbonyl (C=O) groups is 1. The van der Waals surface area contributed by atoms with E-state index < -0.39 is 17.1 Å². The predicted molar refractivity (Wildman–Crippen MR) is 80.9 cm³/mol. The van der Waals surface area contributed by atoms with E-state index in [9.17, 15) is 23.1 Å². The van der Waals surface area contributed by atoms with Crippen molar-refractivity contribution in [3.05, 3.63) is 24.3 Å². The van der Waals surface area contributed by atoms with Crippen molar-refractivity contribution in [1.82, 2.24) is 4.90 Å². The van der Waals surface area contributed by atoms with Gasteiger partial charge in [-0.1, -0.05) is 12.1 Å². The lowest BCUT2D eigenvalue weighted by atomic mass is 10.1. The number of amides is 2. The molecule has 0 bridgehead atoms. The lowest BCUT2D eigenvalue weighted by Gasteiger charge is -2.28. The largest absolute Gasteiger partial charge is 0.446 e. The number of nitrogens with zero attached hydrogens (tertiary/aromatic N) is 1. The lowest BCUT2D eigenvalue weighted by molar-refractivity contribution is -0.0328. The van der Waals surface area contributed by atoms with Crippen molar-refractivity contribution in [3.8, 4) is 0 Å². The van der Waals surface area contributed by atoms with Gasteiger partial charge < -0.3 is 15.3 Å². The summed E-state index contributed by atoms with van der Waals surface area (Å²) in [6.45, 7) is 5.22. The van der Waals surface area contributed by atoms with Crippen molar-refractivity contribution in [2.75, 3.05) is 18.4 Å². The minimum absolute atomic E-state index is 0.0733. The molecule has 0 aliphatic heterocycles. The number of hydrogen-bond acceptors (Lipinski definition) is 3. The van der Waals surface area contributed by atoms with Crippen LogP contribution < -0.4 is 5.32 Å². The van der Waals surface area contributed by atoms with Gasteiger partial charge in [-0.2, -0.15) is 13.2 Å². The minimum Gasteiger partial charge on any atom is -0.389 e. The van der Waals surface area contributed by atoms with Crippen molar-refractivity contribution < 1.29 is 23.1 Å². The fourth-order valence-corrected chi connectivity index (χ4v) is 2.40. The van der Waals surface area contributed by atoms with Crippen molar-refractivity contribution in [2.24, 2.45) is 0 Å². The van der Waals surface area contributed by atoms with Crippen LogP contribution in [-0.4, -0.2) is 40.2 Å². The van der Waals surface area contributed by atoms with Gasteiger partial charge in [-0.15, -0.1) is 0 Å². The first-order valence-electron chi connectivity index (χ1n) is 6.65. The normalized spacial score (nSPS) is 12.1. The predicted octanol–water partition coefficient (Wildman–Crippen LogP) is 3.92. The van der Waals surface area contributed by atoms with E-state index in [1.54, 1.807) is 26.8 Å². The highest BCUT2D eigenvalue weighted by atomic mass is 32.2. The summed E-state index contributed by atoms with van der Waals surface area (Å²) in [5.74, 6) is 0. The van der Waals surface area contributed by atoms with Crippen LogP contribution in [0.3, 0.4) is 0 Å². The smallest absolute Gasteiger partial charge is 0.389 e. The molecule has 0 aliphatic carbocycles. The zero-order valence-corrected chi connectivity index (χ0v) is 13.4. The molecule has 4 nitrogen and oxygen atoms in total. The van der Waals surface area contributed by atoms with Crippen LogP contribution >= 0.6 is 11.8 Å². The van der Waals surface area contributed by atoms with Gasteiger partial charge in [0.2, 0.25) is 0 Å². The molecule has 0 fully saturated rings. The molecule has 0 saturated carbocycles. The van der Waals surface area contributed by atoms with E-state index in [-0.39, 0.29) is 28.9 Å².